The molecule has 2 saturated heterocycles. The lowest BCUT2D eigenvalue weighted by atomic mass is 10.1. The molecule has 34 heavy (non-hydrogen) atoms. The second-order valence-electron chi connectivity index (χ2n) is 7.69. The highest BCUT2D eigenvalue weighted by Crippen LogP contribution is 2.36. The second kappa shape index (κ2) is 9.02. The topological polar surface area (TPSA) is 107 Å². The van der Waals surface area contributed by atoms with Crippen LogP contribution in [-0.2, 0) is 22.3 Å². The van der Waals surface area contributed by atoms with Gasteiger partial charge in [0.2, 0.25) is 0 Å². The summed E-state index contributed by atoms with van der Waals surface area (Å²) in [4.78, 5) is 53.6. The van der Waals surface area contributed by atoms with Crippen LogP contribution in [0.15, 0.2) is 35.7 Å². The van der Waals surface area contributed by atoms with Crippen molar-refractivity contribution in [2.45, 2.75) is 12.7 Å². The molecule has 0 bridgehead atoms. The van der Waals surface area contributed by atoms with Gasteiger partial charge in [0.1, 0.15) is 5.69 Å². The van der Waals surface area contributed by atoms with Gasteiger partial charge in [-0.1, -0.05) is 6.07 Å². The predicted molar refractivity (Wildman–Crippen MR) is 114 cm³/mol. The van der Waals surface area contributed by atoms with Gasteiger partial charge in [-0.15, -0.1) is 11.3 Å². The zero-order valence-electron chi connectivity index (χ0n) is 17.5. The van der Waals surface area contributed by atoms with Crippen molar-refractivity contribution in [2.75, 3.05) is 37.7 Å². The molecule has 0 atom stereocenters. The van der Waals surface area contributed by atoms with Crippen LogP contribution in [0, 0.1) is 10.1 Å². The number of benzene rings is 1. The average Bonchev–Trinajstić information content (AvgIpc) is 3.38. The quantitative estimate of drug-likeness (QED) is 0.261. The van der Waals surface area contributed by atoms with Crippen LogP contribution in [0.5, 0.6) is 0 Å². The highest BCUT2D eigenvalue weighted by atomic mass is 32.1. The molecule has 4 rings (SSSR count). The average molecular weight is 497 g/mol. The first-order valence-corrected chi connectivity index (χ1v) is 11.0. The first-order chi connectivity index (χ1) is 16.1. The fourth-order valence-electron chi connectivity index (χ4n) is 3.82. The molecule has 4 amide bonds. The standard InChI is InChI=1S/C20H18F3N5O5S/c21-20(22,23)13-3-4-15(16(10-13)28(32)33)25-7-5-24(6-8-25)12-27-18(30)17(29)26(19(27)31)11-14-2-1-9-34-14/h1-4,9-10H,5-8,11-12H2. The Balaban J connectivity index is 1.41. The molecule has 2 aromatic rings. The summed E-state index contributed by atoms with van der Waals surface area (Å²) in [6, 6.07) is 5.18. The summed E-state index contributed by atoms with van der Waals surface area (Å²) >= 11 is 1.35. The number of piperazine rings is 1. The normalized spacial score (nSPS) is 17.7. The van der Waals surface area contributed by atoms with Gasteiger partial charge in [0.15, 0.2) is 0 Å². The van der Waals surface area contributed by atoms with Crippen molar-refractivity contribution in [3.8, 4) is 0 Å². The Hall–Kier alpha value is -3.52. The van der Waals surface area contributed by atoms with Crippen molar-refractivity contribution in [1.82, 2.24) is 14.7 Å². The second-order valence-corrected chi connectivity index (χ2v) is 8.72. The van der Waals surface area contributed by atoms with Crippen LogP contribution in [0.3, 0.4) is 0 Å². The van der Waals surface area contributed by atoms with Crippen molar-refractivity contribution < 1.29 is 32.5 Å². The van der Waals surface area contributed by atoms with E-state index in [0.29, 0.717) is 6.07 Å². The fourth-order valence-corrected chi connectivity index (χ4v) is 4.51. The minimum Gasteiger partial charge on any atom is -0.363 e. The maximum atomic E-state index is 12.9. The van der Waals surface area contributed by atoms with Gasteiger partial charge in [0, 0.05) is 37.1 Å². The van der Waals surface area contributed by atoms with E-state index in [-0.39, 0.29) is 45.1 Å². The molecule has 3 heterocycles. The molecule has 2 fully saturated rings. The summed E-state index contributed by atoms with van der Waals surface area (Å²) in [5.41, 5.74) is -1.70. The zero-order chi connectivity index (χ0) is 24.6. The lowest BCUT2D eigenvalue weighted by Crippen LogP contribution is -2.51. The van der Waals surface area contributed by atoms with E-state index in [9.17, 15) is 37.7 Å². The van der Waals surface area contributed by atoms with Crippen molar-refractivity contribution in [2.24, 2.45) is 0 Å². The minimum absolute atomic E-state index is 0.00292. The lowest BCUT2D eigenvalue weighted by molar-refractivity contribution is -0.384. The number of nitro groups is 1. The van der Waals surface area contributed by atoms with E-state index in [4.69, 9.17) is 0 Å². The van der Waals surface area contributed by atoms with Gasteiger partial charge < -0.3 is 4.90 Å². The number of thiophene rings is 1. The number of alkyl halides is 3. The number of anilines is 1. The van der Waals surface area contributed by atoms with Crippen LogP contribution in [-0.4, -0.2) is 70.3 Å². The molecule has 0 spiro atoms. The minimum atomic E-state index is -4.70. The van der Waals surface area contributed by atoms with E-state index in [1.807, 2.05) is 0 Å². The Bertz CT molecular complexity index is 1130. The number of hydrogen-bond acceptors (Lipinski definition) is 8. The number of nitrogens with zero attached hydrogens (tertiary/aromatic N) is 5. The molecule has 0 radical (unpaired) electrons. The third kappa shape index (κ3) is 4.59. The van der Waals surface area contributed by atoms with Gasteiger partial charge in [-0.2, -0.15) is 13.2 Å². The number of carbonyl (C=O) groups is 3. The van der Waals surface area contributed by atoms with Gasteiger partial charge in [0.05, 0.1) is 23.7 Å². The maximum absolute atomic E-state index is 12.9. The van der Waals surface area contributed by atoms with Gasteiger partial charge >= 0.3 is 24.0 Å². The summed E-state index contributed by atoms with van der Waals surface area (Å²) in [7, 11) is 0. The van der Waals surface area contributed by atoms with Gasteiger partial charge in [-0.25, -0.2) is 9.69 Å². The smallest absolute Gasteiger partial charge is 0.363 e. The Morgan fingerprint density at radius 3 is 2.26 bits per heavy atom. The Kier molecular flexibility index (Phi) is 6.27. The summed E-state index contributed by atoms with van der Waals surface area (Å²) in [5, 5.41) is 13.2. The molecule has 2 aliphatic heterocycles. The monoisotopic (exact) mass is 497 g/mol. The maximum Gasteiger partial charge on any atom is 0.416 e. The number of halogens is 3. The van der Waals surface area contributed by atoms with Crippen LogP contribution in [0.4, 0.5) is 29.3 Å². The van der Waals surface area contributed by atoms with Crippen LogP contribution in [0.1, 0.15) is 10.4 Å². The van der Waals surface area contributed by atoms with Crippen LogP contribution in [0.2, 0.25) is 0 Å². The Morgan fingerprint density at radius 2 is 1.68 bits per heavy atom. The molecule has 180 valence electrons. The molecule has 10 nitrogen and oxygen atoms in total. The number of rotatable bonds is 6. The molecular formula is C20H18F3N5O5S. The molecule has 2 aliphatic rings. The van der Waals surface area contributed by atoms with Crippen LogP contribution in [0.25, 0.3) is 0 Å². The molecule has 1 aromatic heterocycles. The number of hydrogen-bond donors (Lipinski definition) is 0. The summed E-state index contributed by atoms with van der Waals surface area (Å²) in [6.07, 6.45) is -4.70. The lowest BCUT2D eigenvalue weighted by Gasteiger charge is -2.36. The molecule has 14 heteroatoms. The van der Waals surface area contributed by atoms with E-state index >= 15 is 0 Å². The number of amides is 4. The zero-order valence-corrected chi connectivity index (χ0v) is 18.3. The Labute approximate surface area is 194 Å². The van der Waals surface area contributed by atoms with Crippen molar-refractivity contribution >= 4 is 40.6 Å². The number of nitro benzene ring substituents is 1. The van der Waals surface area contributed by atoms with E-state index in [1.165, 1.54) is 11.3 Å². The SMILES string of the molecule is O=C1C(=O)N(CN2CCN(c3ccc(C(F)(F)F)cc3[N+](=O)[O-])CC2)C(=O)N1Cc1cccs1. The largest absolute Gasteiger partial charge is 0.416 e. The number of imide groups is 2. The number of carbonyl (C=O) groups excluding carboxylic acids is 3. The van der Waals surface area contributed by atoms with Crippen LogP contribution < -0.4 is 4.90 Å². The van der Waals surface area contributed by atoms with E-state index in [0.717, 1.165) is 26.8 Å². The van der Waals surface area contributed by atoms with E-state index < -0.39 is 40.2 Å². The van der Waals surface area contributed by atoms with Crippen molar-refractivity contribution in [1.29, 1.82) is 0 Å². The molecule has 0 aliphatic carbocycles. The van der Waals surface area contributed by atoms with Gasteiger partial charge in [-0.05, 0) is 23.6 Å². The molecule has 0 saturated carbocycles. The predicted octanol–water partition coefficient (Wildman–Crippen LogP) is 2.75. The number of urea groups is 1. The van der Waals surface area contributed by atoms with Crippen molar-refractivity contribution in [3.63, 3.8) is 0 Å². The highest BCUT2D eigenvalue weighted by molar-refractivity contribution is 7.09. The summed E-state index contributed by atoms with van der Waals surface area (Å²) in [6.45, 7) is 0.851. The van der Waals surface area contributed by atoms with Gasteiger partial charge in [-0.3, -0.25) is 29.5 Å². The summed E-state index contributed by atoms with van der Waals surface area (Å²) < 4.78 is 38.8. The first-order valence-electron chi connectivity index (χ1n) is 10.1. The van der Waals surface area contributed by atoms with Gasteiger partial charge in [0.25, 0.3) is 5.69 Å². The highest BCUT2D eigenvalue weighted by Gasteiger charge is 2.45. The third-order valence-corrected chi connectivity index (χ3v) is 6.44. The van der Waals surface area contributed by atoms with E-state index in [2.05, 4.69) is 0 Å². The molecular weight excluding hydrogens is 479 g/mol. The third-order valence-electron chi connectivity index (χ3n) is 5.58. The summed E-state index contributed by atoms with van der Waals surface area (Å²) in [5.74, 6) is -1.83. The van der Waals surface area contributed by atoms with Crippen molar-refractivity contribution in [3.05, 3.63) is 56.3 Å². The van der Waals surface area contributed by atoms with E-state index in [1.54, 1.807) is 27.3 Å². The Morgan fingerprint density at radius 1 is 1.00 bits per heavy atom. The fraction of sp³-hybridized carbons (Fsp3) is 0.350. The first kappa shape index (κ1) is 23.6. The molecule has 1 aromatic carbocycles. The van der Waals surface area contributed by atoms with Crippen LogP contribution >= 0.6 is 11.3 Å². The molecule has 0 unspecified atom stereocenters. The molecule has 0 N–H and O–H groups in total.